The fraction of sp³-hybridized carbons (Fsp3) is 0.615. The van der Waals surface area contributed by atoms with Crippen molar-refractivity contribution in [2.45, 2.75) is 26.0 Å². The van der Waals surface area contributed by atoms with E-state index in [-0.39, 0.29) is 6.10 Å². The van der Waals surface area contributed by atoms with Crippen molar-refractivity contribution >= 4 is 0 Å². The van der Waals surface area contributed by atoms with Gasteiger partial charge >= 0.3 is 0 Å². The van der Waals surface area contributed by atoms with Crippen LogP contribution in [0.3, 0.4) is 0 Å². The molecule has 1 N–H and O–H groups in total. The molecule has 0 aliphatic rings. The predicted molar refractivity (Wildman–Crippen MR) is 67.9 cm³/mol. The number of rotatable bonds is 9. The van der Waals surface area contributed by atoms with Gasteiger partial charge in [0.25, 0.3) is 0 Å². The first-order valence-electron chi connectivity index (χ1n) is 6.08. The molecule has 4 nitrogen and oxygen atoms in total. The van der Waals surface area contributed by atoms with Gasteiger partial charge in [0.15, 0.2) is 0 Å². The van der Waals surface area contributed by atoms with Crippen molar-refractivity contribution in [3.63, 3.8) is 0 Å². The first kappa shape index (κ1) is 14.1. The number of aromatic nitrogens is 1. The normalized spacial score (nSPS) is 12.6. The molecule has 17 heavy (non-hydrogen) atoms. The van der Waals surface area contributed by atoms with Gasteiger partial charge in [-0.15, -0.1) is 0 Å². The van der Waals surface area contributed by atoms with Gasteiger partial charge in [-0.05, 0) is 18.6 Å². The van der Waals surface area contributed by atoms with Gasteiger partial charge in [-0.2, -0.15) is 0 Å². The molecule has 1 aromatic heterocycles. The number of hydrogen-bond acceptors (Lipinski definition) is 4. The van der Waals surface area contributed by atoms with Gasteiger partial charge in [-0.25, -0.2) is 0 Å². The maximum absolute atomic E-state index is 5.46. The van der Waals surface area contributed by atoms with Crippen LogP contribution in [-0.4, -0.2) is 38.0 Å². The molecule has 0 saturated heterocycles. The quantitative estimate of drug-likeness (QED) is 0.664. The second-order valence-electron chi connectivity index (χ2n) is 3.88. The van der Waals surface area contributed by atoms with Crippen molar-refractivity contribution < 1.29 is 9.47 Å². The number of ether oxygens (including phenoxy) is 2. The van der Waals surface area contributed by atoms with Crippen LogP contribution in [0.25, 0.3) is 0 Å². The van der Waals surface area contributed by atoms with E-state index in [1.54, 1.807) is 13.3 Å². The molecule has 0 aromatic carbocycles. The van der Waals surface area contributed by atoms with Crippen LogP contribution in [0.15, 0.2) is 24.4 Å². The molecule has 0 amide bonds. The van der Waals surface area contributed by atoms with Crippen molar-refractivity contribution in [3.8, 4) is 0 Å². The summed E-state index contributed by atoms with van der Waals surface area (Å²) in [7, 11) is 1.71. The Kier molecular flexibility index (Phi) is 7.54. The lowest BCUT2D eigenvalue weighted by atomic mass is 10.3. The number of nitrogens with zero attached hydrogens (tertiary/aromatic N) is 1. The minimum absolute atomic E-state index is 0.102. The number of hydrogen-bond donors (Lipinski definition) is 1. The van der Waals surface area contributed by atoms with E-state index in [2.05, 4.69) is 17.2 Å². The highest BCUT2D eigenvalue weighted by atomic mass is 16.5. The maximum Gasteiger partial charge on any atom is 0.0928 e. The average molecular weight is 238 g/mol. The maximum atomic E-state index is 5.46. The Bertz CT molecular complexity index is 280. The van der Waals surface area contributed by atoms with E-state index in [0.717, 1.165) is 31.8 Å². The average Bonchev–Trinajstić information content (AvgIpc) is 2.38. The lowest BCUT2D eigenvalue weighted by Crippen LogP contribution is -2.32. The van der Waals surface area contributed by atoms with Crippen LogP contribution in [0.4, 0.5) is 0 Å². The number of pyridine rings is 1. The summed E-state index contributed by atoms with van der Waals surface area (Å²) in [6.45, 7) is 5.06. The van der Waals surface area contributed by atoms with Crippen LogP contribution >= 0.6 is 0 Å². The Morgan fingerprint density at radius 3 is 2.94 bits per heavy atom. The standard InChI is InChI=1S/C13H22N2O2/c1-3-8-17-11-13(16-2)10-14-9-12-6-4-5-7-15-12/h4-7,13-14H,3,8-11H2,1-2H3. The SMILES string of the molecule is CCCOCC(CNCc1ccccn1)OC. The first-order chi connectivity index (χ1) is 8.36. The van der Waals surface area contributed by atoms with Crippen LogP contribution in [0, 0.1) is 0 Å². The van der Waals surface area contributed by atoms with E-state index < -0.39 is 0 Å². The van der Waals surface area contributed by atoms with E-state index in [1.807, 2.05) is 18.2 Å². The van der Waals surface area contributed by atoms with Gasteiger partial charge < -0.3 is 14.8 Å². The van der Waals surface area contributed by atoms with E-state index in [0.29, 0.717) is 6.61 Å². The Labute approximate surface area is 103 Å². The van der Waals surface area contributed by atoms with E-state index in [1.165, 1.54) is 0 Å². The van der Waals surface area contributed by atoms with Crippen LogP contribution in [0.5, 0.6) is 0 Å². The Morgan fingerprint density at radius 1 is 1.41 bits per heavy atom. The number of nitrogens with one attached hydrogen (secondary N) is 1. The summed E-state index contributed by atoms with van der Waals surface area (Å²) in [5, 5.41) is 3.31. The largest absolute Gasteiger partial charge is 0.379 e. The molecule has 1 rings (SSSR count). The van der Waals surface area contributed by atoms with Crippen LogP contribution in [-0.2, 0) is 16.0 Å². The van der Waals surface area contributed by atoms with E-state index in [4.69, 9.17) is 9.47 Å². The summed E-state index contributed by atoms with van der Waals surface area (Å²) in [5.41, 5.74) is 1.04. The Balaban J connectivity index is 2.15. The third-order valence-corrected chi connectivity index (χ3v) is 2.39. The van der Waals surface area contributed by atoms with Crippen LogP contribution < -0.4 is 5.32 Å². The highest BCUT2D eigenvalue weighted by Gasteiger charge is 2.06. The van der Waals surface area contributed by atoms with Gasteiger partial charge in [0.1, 0.15) is 0 Å². The molecule has 1 atom stereocenters. The molecule has 1 unspecified atom stereocenters. The zero-order chi connectivity index (χ0) is 12.3. The highest BCUT2D eigenvalue weighted by molar-refractivity contribution is 5.02. The molecule has 1 heterocycles. The summed E-state index contributed by atoms with van der Waals surface area (Å²) in [6.07, 6.45) is 2.94. The van der Waals surface area contributed by atoms with Crippen molar-refractivity contribution in [1.29, 1.82) is 0 Å². The third kappa shape index (κ3) is 6.36. The number of methoxy groups -OCH3 is 1. The minimum Gasteiger partial charge on any atom is -0.379 e. The minimum atomic E-state index is 0.102. The molecule has 0 saturated carbocycles. The Hall–Kier alpha value is -0.970. The first-order valence-corrected chi connectivity index (χ1v) is 6.08. The summed E-state index contributed by atoms with van der Waals surface area (Å²) < 4.78 is 10.8. The highest BCUT2D eigenvalue weighted by Crippen LogP contribution is 1.95. The monoisotopic (exact) mass is 238 g/mol. The third-order valence-electron chi connectivity index (χ3n) is 2.39. The topological polar surface area (TPSA) is 43.4 Å². The predicted octanol–water partition coefficient (Wildman–Crippen LogP) is 1.61. The van der Waals surface area contributed by atoms with E-state index >= 15 is 0 Å². The fourth-order valence-electron chi connectivity index (χ4n) is 1.43. The lowest BCUT2D eigenvalue weighted by Gasteiger charge is -2.16. The van der Waals surface area contributed by atoms with Crippen LogP contribution in [0.2, 0.25) is 0 Å². The van der Waals surface area contributed by atoms with Gasteiger partial charge in [0, 0.05) is 33.0 Å². The summed E-state index contributed by atoms with van der Waals surface area (Å²) in [5.74, 6) is 0. The Morgan fingerprint density at radius 2 is 2.29 bits per heavy atom. The molecule has 0 bridgehead atoms. The molecule has 1 aromatic rings. The zero-order valence-corrected chi connectivity index (χ0v) is 10.7. The van der Waals surface area contributed by atoms with Crippen molar-refractivity contribution in [3.05, 3.63) is 30.1 Å². The van der Waals surface area contributed by atoms with Gasteiger partial charge in [0.05, 0.1) is 18.4 Å². The van der Waals surface area contributed by atoms with Gasteiger partial charge in [-0.1, -0.05) is 13.0 Å². The van der Waals surface area contributed by atoms with Gasteiger partial charge in [0.2, 0.25) is 0 Å². The zero-order valence-electron chi connectivity index (χ0n) is 10.7. The molecule has 0 spiro atoms. The van der Waals surface area contributed by atoms with E-state index in [9.17, 15) is 0 Å². The van der Waals surface area contributed by atoms with Gasteiger partial charge in [-0.3, -0.25) is 4.98 Å². The second-order valence-corrected chi connectivity index (χ2v) is 3.88. The fourth-order valence-corrected chi connectivity index (χ4v) is 1.43. The summed E-state index contributed by atoms with van der Waals surface area (Å²) >= 11 is 0. The molecular formula is C13H22N2O2. The molecule has 96 valence electrons. The molecule has 0 radical (unpaired) electrons. The van der Waals surface area contributed by atoms with Crippen LogP contribution in [0.1, 0.15) is 19.0 Å². The molecule has 0 aliphatic carbocycles. The molecule has 0 fully saturated rings. The van der Waals surface area contributed by atoms with Crippen molar-refractivity contribution in [2.75, 3.05) is 26.9 Å². The summed E-state index contributed by atoms with van der Waals surface area (Å²) in [6, 6.07) is 5.91. The smallest absolute Gasteiger partial charge is 0.0928 e. The molecule has 0 aliphatic heterocycles. The van der Waals surface area contributed by atoms with Crippen molar-refractivity contribution in [1.82, 2.24) is 10.3 Å². The summed E-state index contributed by atoms with van der Waals surface area (Å²) in [4.78, 5) is 4.24. The lowest BCUT2D eigenvalue weighted by molar-refractivity contribution is 0.00927. The molecule has 4 heteroatoms. The molecular weight excluding hydrogens is 216 g/mol. The second kappa shape index (κ2) is 9.10. The van der Waals surface area contributed by atoms with Crippen molar-refractivity contribution in [2.24, 2.45) is 0 Å².